The minimum atomic E-state index is -1.71. The van der Waals surface area contributed by atoms with Gasteiger partial charge in [0.05, 0.1) is 0 Å². The van der Waals surface area contributed by atoms with Gasteiger partial charge in [-0.15, -0.1) is 0 Å². The Hall–Kier alpha value is -1.87. The Balaban J connectivity index is 0.000000259. The third-order valence-electron chi connectivity index (χ3n) is 7.87. The van der Waals surface area contributed by atoms with E-state index in [0.717, 1.165) is 13.2 Å². The molecule has 237 valence electrons. The van der Waals surface area contributed by atoms with E-state index >= 15 is 0 Å². The van der Waals surface area contributed by atoms with E-state index in [1.54, 1.807) is 0 Å². The van der Waals surface area contributed by atoms with Crippen molar-refractivity contribution in [1.29, 1.82) is 0 Å². The monoisotopic (exact) mass is 699 g/mol. The Labute approximate surface area is 282 Å². The predicted octanol–water partition coefficient (Wildman–Crippen LogP) is 7.96. The molecule has 1 radical (unpaired) electrons. The van der Waals surface area contributed by atoms with Gasteiger partial charge in [-0.05, 0) is 45.8 Å². The van der Waals surface area contributed by atoms with Crippen LogP contribution in [0.1, 0.15) is 12.8 Å². The molecule has 0 unspecified atom stereocenters. The second kappa shape index (κ2) is 17.7. The third-order valence-corrected chi connectivity index (χ3v) is 23.8. The molecule has 1 heterocycles. The summed E-state index contributed by atoms with van der Waals surface area (Å²) >= 11 is 0. The molecule has 1 saturated heterocycles. The number of hydrogen-bond acceptors (Lipinski definition) is 1. The van der Waals surface area contributed by atoms with Gasteiger partial charge in [-0.1, -0.05) is 194 Å². The van der Waals surface area contributed by atoms with E-state index < -0.39 is 32.9 Å². The first kappa shape index (κ1) is 38.3. The summed E-state index contributed by atoms with van der Waals surface area (Å²) < 4.78 is 15.7. The molecular formula is C36H52CoN2OSi4. The molecule has 0 aromatic heterocycles. The van der Waals surface area contributed by atoms with Crippen molar-refractivity contribution in [2.45, 2.75) is 65.2 Å². The Morgan fingerprint density at radius 3 is 0.750 bits per heavy atom. The van der Waals surface area contributed by atoms with Crippen molar-refractivity contribution in [3.63, 3.8) is 0 Å². The molecule has 5 rings (SSSR count). The molecule has 0 spiro atoms. The molecule has 0 aliphatic carbocycles. The number of hydrogen-bond donors (Lipinski definition) is 0. The molecule has 1 aliphatic rings. The molecular weight excluding hydrogens is 648 g/mol. The molecule has 4 aromatic rings. The van der Waals surface area contributed by atoms with Crippen LogP contribution in [0.3, 0.4) is 0 Å². The maximum atomic E-state index is 5.36. The zero-order valence-electron chi connectivity index (χ0n) is 28.0. The van der Waals surface area contributed by atoms with Gasteiger partial charge in [0.2, 0.25) is 0 Å². The number of nitrogens with zero attached hydrogens (tertiary/aromatic N) is 2. The summed E-state index contributed by atoms with van der Waals surface area (Å²) in [7, 11) is -6.84. The molecule has 3 nitrogen and oxygen atoms in total. The normalized spacial score (nSPS) is 13.5. The van der Waals surface area contributed by atoms with Crippen LogP contribution in [0.25, 0.3) is 9.30 Å². The Bertz CT molecular complexity index is 1130. The average Bonchev–Trinajstić information content (AvgIpc) is 3.59. The topological polar surface area (TPSA) is 37.4 Å². The van der Waals surface area contributed by atoms with Gasteiger partial charge in [-0.25, -0.2) is 0 Å². The van der Waals surface area contributed by atoms with Crippen LogP contribution in [0, 0.1) is 0 Å². The summed E-state index contributed by atoms with van der Waals surface area (Å²) in [4.78, 5) is 0. The standard InChI is InChI=1S/2C16H22NSi2.C4H8O.Co/c2*1-18(2,15-11-7-5-8-12-15)17-19(3,4)16-13-9-6-10-14-16;1-2-4-5-3-1;/h2*5-14H,1-4H3;1-4H2;/q2*-1;;+2. The van der Waals surface area contributed by atoms with Crippen LogP contribution < -0.4 is 20.7 Å². The van der Waals surface area contributed by atoms with Crippen LogP contribution in [0.2, 0.25) is 52.4 Å². The molecule has 0 atom stereocenters. The van der Waals surface area contributed by atoms with E-state index in [1.165, 1.54) is 33.6 Å². The Morgan fingerprint density at radius 2 is 0.591 bits per heavy atom. The summed E-state index contributed by atoms with van der Waals surface area (Å²) in [5.74, 6) is 0. The molecule has 0 amide bonds. The quantitative estimate of drug-likeness (QED) is 0.172. The Kier molecular flexibility index (Phi) is 15.4. The van der Waals surface area contributed by atoms with Crippen LogP contribution in [-0.2, 0) is 21.5 Å². The smallest absolute Gasteiger partial charge is 0.660 e. The summed E-state index contributed by atoms with van der Waals surface area (Å²) in [5.41, 5.74) is 0. The molecule has 0 bridgehead atoms. The van der Waals surface area contributed by atoms with Crippen LogP contribution in [0.5, 0.6) is 0 Å². The van der Waals surface area contributed by atoms with Crippen LogP contribution in [0.15, 0.2) is 121 Å². The zero-order valence-corrected chi connectivity index (χ0v) is 33.1. The summed E-state index contributed by atoms with van der Waals surface area (Å²) in [6.45, 7) is 20.8. The maximum absolute atomic E-state index is 5.36. The second-order valence-electron chi connectivity index (χ2n) is 13.2. The van der Waals surface area contributed by atoms with Crippen molar-refractivity contribution in [3.8, 4) is 0 Å². The van der Waals surface area contributed by atoms with Gasteiger partial charge in [0, 0.05) is 13.2 Å². The largest absolute Gasteiger partial charge is 2.00 e. The molecule has 1 fully saturated rings. The van der Waals surface area contributed by atoms with Crippen LogP contribution >= 0.6 is 0 Å². The van der Waals surface area contributed by atoms with Crippen molar-refractivity contribution >= 4 is 53.7 Å². The minimum absolute atomic E-state index is 0. The summed E-state index contributed by atoms with van der Waals surface area (Å²) in [5, 5.41) is 5.69. The predicted molar refractivity (Wildman–Crippen MR) is 201 cm³/mol. The molecule has 0 N–H and O–H groups in total. The molecule has 8 heteroatoms. The molecule has 4 aromatic carbocycles. The van der Waals surface area contributed by atoms with Gasteiger partial charge < -0.3 is 14.0 Å². The van der Waals surface area contributed by atoms with Gasteiger partial charge in [-0.2, -0.15) is 0 Å². The number of ether oxygens (including phenoxy) is 1. The zero-order chi connectivity index (χ0) is 31.4. The van der Waals surface area contributed by atoms with Crippen molar-refractivity contribution in [1.82, 2.24) is 0 Å². The van der Waals surface area contributed by atoms with Gasteiger partial charge in [0.1, 0.15) is 0 Å². The van der Waals surface area contributed by atoms with Gasteiger partial charge in [0.25, 0.3) is 0 Å². The maximum Gasteiger partial charge on any atom is 2.00 e. The van der Waals surface area contributed by atoms with Gasteiger partial charge in [0.15, 0.2) is 0 Å². The van der Waals surface area contributed by atoms with E-state index in [4.69, 9.17) is 14.0 Å². The summed E-state index contributed by atoms with van der Waals surface area (Å²) in [6, 6.07) is 43.1. The van der Waals surface area contributed by atoms with Crippen molar-refractivity contribution < 1.29 is 21.5 Å². The van der Waals surface area contributed by atoms with Crippen molar-refractivity contribution in [3.05, 3.63) is 131 Å². The first-order valence-corrected chi connectivity index (χ1v) is 27.4. The SMILES string of the molecule is C1CCOC1.C[Si](C)([N-][Si](C)(C)c1ccccc1)c1ccccc1.C[Si](C)([N-][Si](C)(C)c1ccccc1)c1ccccc1.[Co+2]. The second-order valence-corrected chi connectivity index (χ2v) is 29.8. The Morgan fingerprint density at radius 1 is 0.386 bits per heavy atom. The van der Waals surface area contributed by atoms with E-state index in [9.17, 15) is 0 Å². The van der Waals surface area contributed by atoms with Crippen molar-refractivity contribution in [2.75, 3.05) is 13.2 Å². The fourth-order valence-corrected chi connectivity index (χ4v) is 22.8. The van der Waals surface area contributed by atoms with Crippen LogP contribution in [-0.4, -0.2) is 46.2 Å². The number of benzene rings is 4. The van der Waals surface area contributed by atoms with Gasteiger partial charge >= 0.3 is 16.8 Å². The summed E-state index contributed by atoms with van der Waals surface area (Å²) in [6.07, 6.45) is 2.56. The first-order valence-electron chi connectivity index (χ1n) is 15.6. The molecule has 0 saturated carbocycles. The van der Waals surface area contributed by atoms with E-state index in [-0.39, 0.29) is 16.8 Å². The van der Waals surface area contributed by atoms with E-state index in [2.05, 4.69) is 174 Å². The first-order chi connectivity index (χ1) is 20.3. The fourth-order valence-electron chi connectivity index (χ4n) is 5.55. The average molecular weight is 700 g/mol. The fraction of sp³-hybridized carbons (Fsp3) is 0.333. The molecule has 1 aliphatic heterocycles. The minimum Gasteiger partial charge on any atom is -0.660 e. The van der Waals surface area contributed by atoms with Crippen molar-refractivity contribution in [2.24, 2.45) is 0 Å². The van der Waals surface area contributed by atoms with Crippen LogP contribution in [0.4, 0.5) is 0 Å². The number of rotatable bonds is 8. The van der Waals surface area contributed by atoms with Gasteiger partial charge in [-0.3, -0.25) is 0 Å². The van der Waals surface area contributed by atoms with E-state index in [0.29, 0.717) is 0 Å². The third kappa shape index (κ3) is 12.1. The van der Waals surface area contributed by atoms with E-state index in [1.807, 2.05) is 0 Å². The molecule has 44 heavy (non-hydrogen) atoms.